The van der Waals surface area contributed by atoms with Gasteiger partial charge in [-0.2, -0.15) is 0 Å². The Labute approximate surface area is 287 Å². The molecule has 2 saturated heterocycles. The lowest BCUT2D eigenvalue weighted by Gasteiger charge is -2.30. The second-order valence-corrected chi connectivity index (χ2v) is 14.4. The number of aliphatic carboxylic acids is 1. The van der Waals surface area contributed by atoms with Crippen LogP contribution < -0.4 is 10.6 Å². The second kappa shape index (κ2) is 14.9. The Morgan fingerprint density at radius 3 is 2.60 bits per heavy atom. The lowest BCUT2D eigenvalue weighted by Crippen LogP contribution is -2.42. The van der Waals surface area contributed by atoms with E-state index < -0.39 is 17.7 Å². The molecule has 3 heterocycles. The summed E-state index contributed by atoms with van der Waals surface area (Å²) < 4.78 is 22.7. The van der Waals surface area contributed by atoms with Gasteiger partial charge in [0.15, 0.2) is 0 Å². The molecule has 3 amide bonds. The first-order valence-electron chi connectivity index (χ1n) is 16.5. The van der Waals surface area contributed by atoms with Crippen molar-refractivity contribution in [3.63, 3.8) is 0 Å². The minimum Gasteiger partial charge on any atom is -0.481 e. The highest BCUT2D eigenvalue weighted by Crippen LogP contribution is 2.32. The van der Waals surface area contributed by atoms with Crippen LogP contribution in [0, 0.1) is 11.7 Å². The Morgan fingerprint density at radius 1 is 1.08 bits per heavy atom. The molecule has 3 aromatic rings. The lowest BCUT2D eigenvalue weighted by molar-refractivity contribution is -0.144. The van der Waals surface area contributed by atoms with Crippen LogP contribution in [0.15, 0.2) is 41.8 Å². The number of likely N-dealkylation sites (tertiary alicyclic amines) is 2. The number of nitrogens with zero attached hydrogens (tertiary/aromatic N) is 2. The molecule has 2 aromatic carbocycles. The Kier molecular flexibility index (Phi) is 10.6. The van der Waals surface area contributed by atoms with Crippen LogP contribution >= 0.6 is 22.9 Å². The van der Waals surface area contributed by atoms with E-state index in [-0.39, 0.29) is 64.7 Å². The van der Waals surface area contributed by atoms with Gasteiger partial charge in [-0.1, -0.05) is 29.8 Å². The Balaban J connectivity index is 1.13. The van der Waals surface area contributed by atoms with Crippen molar-refractivity contribution in [1.29, 1.82) is 0 Å². The lowest BCUT2D eigenvalue weighted by atomic mass is 9.87. The van der Waals surface area contributed by atoms with Crippen LogP contribution in [0.1, 0.15) is 61.4 Å². The maximum absolute atomic E-state index is 15.5. The summed E-state index contributed by atoms with van der Waals surface area (Å²) in [5.74, 6) is -2.49. The molecule has 1 aromatic heterocycles. The first kappa shape index (κ1) is 34.3. The Bertz CT molecular complexity index is 1690. The number of amides is 3. The van der Waals surface area contributed by atoms with E-state index in [0.29, 0.717) is 57.4 Å². The number of anilines is 1. The summed E-state index contributed by atoms with van der Waals surface area (Å²) in [5.41, 5.74) is 0.726. The van der Waals surface area contributed by atoms with Crippen LogP contribution in [0.4, 0.5) is 10.1 Å². The van der Waals surface area contributed by atoms with Crippen molar-refractivity contribution >= 4 is 62.4 Å². The normalized spacial score (nSPS) is 24.6. The molecule has 6 rings (SSSR count). The minimum absolute atomic E-state index is 0.0556. The number of benzene rings is 2. The number of hydrogen-bond acceptors (Lipinski definition) is 7. The number of hydrogen-bond donors (Lipinski definition) is 3. The van der Waals surface area contributed by atoms with Gasteiger partial charge < -0.3 is 25.4 Å². The molecular weight excluding hydrogens is 659 g/mol. The molecule has 3 N–H and O–H groups in total. The largest absolute Gasteiger partial charge is 0.481 e. The summed E-state index contributed by atoms with van der Waals surface area (Å²) in [6, 6.07) is 9.96. The molecule has 0 bridgehead atoms. The fraction of sp³-hybridized carbons (Fsp3) is 0.486. The molecule has 0 spiro atoms. The van der Waals surface area contributed by atoms with Gasteiger partial charge in [-0.05, 0) is 62.3 Å². The fourth-order valence-electron chi connectivity index (χ4n) is 7.29. The van der Waals surface area contributed by atoms with E-state index in [2.05, 4.69) is 15.5 Å². The summed E-state index contributed by atoms with van der Waals surface area (Å²) in [7, 11) is 0. The Hall–Kier alpha value is -3.58. The highest BCUT2D eigenvalue weighted by Gasteiger charge is 2.41. The van der Waals surface area contributed by atoms with Gasteiger partial charge in [-0.15, -0.1) is 11.3 Å². The molecule has 2 aliphatic heterocycles. The number of carboxylic acids is 1. The van der Waals surface area contributed by atoms with Gasteiger partial charge >= 0.3 is 5.97 Å². The molecule has 10 nitrogen and oxygen atoms in total. The molecule has 1 unspecified atom stereocenters. The highest BCUT2D eigenvalue weighted by molar-refractivity contribution is 7.17. The van der Waals surface area contributed by atoms with Crippen molar-refractivity contribution in [3.05, 3.63) is 63.7 Å². The van der Waals surface area contributed by atoms with E-state index in [4.69, 9.17) is 16.3 Å². The molecule has 256 valence electrons. The molecule has 1 saturated carbocycles. The zero-order valence-corrected chi connectivity index (χ0v) is 28.3. The van der Waals surface area contributed by atoms with Crippen LogP contribution in [-0.4, -0.2) is 89.1 Å². The zero-order valence-electron chi connectivity index (χ0n) is 26.8. The summed E-state index contributed by atoms with van der Waals surface area (Å²) in [5, 5.41) is 17.7. The average Bonchev–Trinajstić information content (AvgIpc) is 3.81. The molecule has 3 fully saturated rings. The van der Waals surface area contributed by atoms with Crippen molar-refractivity contribution in [2.45, 2.75) is 76.1 Å². The number of carbonyl (C=O) groups is 4. The third-order valence-corrected chi connectivity index (χ3v) is 11.1. The molecule has 1 aliphatic carbocycles. The first-order chi connectivity index (χ1) is 23.0. The molecular formula is C35H40ClFN4O6S. The van der Waals surface area contributed by atoms with Gasteiger partial charge in [-0.3, -0.25) is 24.1 Å². The van der Waals surface area contributed by atoms with E-state index in [1.165, 1.54) is 24.3 Å². The van der Waals surface area contributed by atoms with Crippen molar-refractivity contribution < 1.29 is 33.4 Å². The van der Waals surface area contributed by atoms with Crippen molar-refractivity contribution in [3.8, 4) is 0 Å². The molecule has 0 radical (unpaired) electrons. The summed E-state index contributed by atoms with van der Waals surface area (Å²) >= 11 is 7.97. The van der Waals surface area contributed by atoms with Crippen molar-refractivity contribution in [2.24, 2.45) is 5.92 Å². The maximum Gasteiger partial charge on any atom is 0.306 e. The van der Waals surface area contributed by atoms with E-state index in [1.807, 2.05) is 24.3 Å². The van der Waals surface area contributed by atoms with Gasteiger partial charge in [0.05, 0.1) is 47.4 Å². The summed E-state index contributed by atoms with van der Waals surface area (Å²) in [4.78, 5) is 53.9. The number of carbonyl (C=O) groups excluding carboxylic acids is 3. The van der Waals surface area contributed by atoms with Gasteiger partial charge in [0, 0.05) is 54.1 Å². The van der Waals surface area contributed by atoms with Crippen LogP contribution in [0.25, 0.3) is 10.1 Å². The molecule has 13 heteroatoms. The average molecular weight is 699 g/mol. The van der Waals surface area contributed by atoms with Crippen molar-refractivity contribution in [2.75, 3.05) is 31.6 Å². The van der Waals surface area contributed by atoms with Gasteiger partial charge in [0.25, 0.3) is 5.91 Å². The molecule has 3 aliphatic rings. The molecule has 3 atom stereocenters. The fourth-order valence-corrected chi connectivity index (χ4v) is 8.47. The standard InChI is InChI=1S/C35H40ClFN4O6S/c1-20(42)38-23-10-11-40(16-23)24-14-25(18-47-26-8-6-21(7-9-26)35(45)46)41(17-24)33(43)13-22-12-29(36)31(15-30(22)37)39-34(44)28-19-48-32-5-3-2-4-27(28)32/h2-5,12,15,19,21,23-26H,6-11,13-14,16-18H2,1H3,(H,38,42)(H,39,44)(H,45,46)/t21-,23?,24-,25-,26-/m0/s1. The van der Waals surface area contributed by atoms with Crippen molar-refractivity contribution in [1.82, 2.24) is 15.1 Å². The van der Waals surface area contributed by atoms with Crippen LogP contribution in [0.5, 0.6) is 0 Å². The third kappa shape index (κ3) is 7.83. The zero-order chi connectivity index (χ0) is 33.9. The number of thiophene rings is 1. The number of halogens is 2. The van der Waals surface area contributed by atoms with Crippen LogP contribution in [-0.2, 0) is 25.5 Å². The monoisotopic (exact) mass is 698 g/mol. The van der Waals surface area contributed by atoms with E-state index >= 15 is 4.39 Å². The number of nitrogens with one attached hydrogen (secondary N) is 2. The van der Waals surface area contributed by atoms with Gasteiger partial charge in [0.2, 0.25) is 11.8 Å². The topological polar surface area (TPSA) is 128 Å². The first-order valence-corrected chi connectivity index (χ1v) is 17.7. The predicted molar refractivity (Wildman–Crippen MR) is 182 cm³/mol. The number of ether oxygens (including phenoxy) is 1. The second-order valence-electron chi connectivity index (χ2n) is 13.1. The third-order valence-electron chi connectivity index (χ3n) is 9.86. The SMILES string of the molecule is CC(=O)NC1CCN([C@H]2C[C@@H](CO[C@H]3CC[C@H](C(=O)O)CC3)N(C(=O)Cc3cc(Cl)c(NC(=O)c4csc5ccccc45)cc3F)C2)C1. The smallest absolute Gasteiger partial charge is 0.306 e. The van der Waals surface area contributed by atoms with E-state index in [1.54, 1.807) is 10.3 Å². The summed E-state index contributed by atoms with van der Waals surface area (Å²) in [6.07, 6.45) is 3.65. The van der Waals surface area contributed by atoms with Gasteiger partial charge in [0.1, 0.15) is 5.82 Å². The number of rotatable bonds is 10. The number of carboxylic acid groups (broad SMARTS) is 1. The summed E-state index contributed by atoms with van der Waals surface area (Å²) in [6.45, 7) is 3.75. The van der Waals surface area contributed by atoms with E-state index in [9.17, 15) is 24.3 Å². The number of fused-ring (bicyclic) bond motifs is 1. The van der Waals surface area contributed by atoms with E-state index in [0.717, 1.165) is 29.1 Å². The Morgan fingerprint density at radius 2 is 1.85 bits per heavy atom. The van der Waals surface area contributed by atoms with Gasteiger partial charge in [-0.25, -0.2) is 4.39 Å². The quantitative estimate of drug-likeness (QED) is 0.261. The van der Waals surface area contributed by atoms with Crippen LogP contribution in [0.3, 0.4) is 0 Å². The molecule has 48 heavy (non-hydrogen) atoms. The highest BCUT2D eigenvalue weighted by atomic mass is 35.5. The predicted octanol–water partition coefficient (Wildman–Crippen LogP) is 5.33. The minimum atomic E-state index is -0.772. The van der Waals surface area contributed by atoms with Crippen LogP contribution in [0.2, 0.25) is 5.02 Å². The maximum atomic E-state index is 15.5.